The molecule has 0 saturated carbocycles. The van der Waals surface area contributed by atoms with Gasteiger partial charge in [0.05, 0.1) is 31.0 Å². The van der Waals surface area contributed by atoms with E-state index in [9.17, 15) is 13.8 Å². The lowest BCUT2D eigenvalue weighted by atomic mass is 10.0. The van der Waals surface area contributed by atoms with E-state index in [4.69, 9.17) is 14.5 Å². The monoisotopic (exact) mass is 527 g/mol. The molecule has 0 heterocycles. The van der Waals surface area contributed by atoms with E-state index in [1.807, 2.05) is 6.07 Å². The molecular formula is C28H47FNO5P. The zero-order chi connectivity index (χ0) is 26.5. The van der Waals surface area contributed by atoms with Crippen LogP contribution in [0.4, 0.5) is 4.39 Å². The molecule has 36 heavy (non-hydrogen) atoms. The third-order valence-electron chi connectivity index (χ3n) is 6.36. The van der Waals surface area contributed by atoms with E-state index >= 15 is 0 Å². The number of unbranched alkanes of at least 4 members (excludes halogenated alkanes) is 14. The van der Waals surface area contributed by atoms with Gasteiger partial charge in [-0.3, -0.25) is 9.05 Å². The lowest BCUT2D eigenvalue weighted by Crippen LogP contribution is -2.19. The molecule has 6 nitrogen and oxygen atoms in total. The maximum Gasteiger partial charge on any atom is 0.472 e. The Bertz CT molecular complexity index is 786. The Morgan fingerprint density at radius 2 is 1.44 bits per heavy atom. The summed E-state index contributed by atoms with van der Waals surface area (Å²) in [6, 6.07) is 5.98. The quantitative estimate of drug-likeness (QED) is 0.113. The van der Waals surface area contributed by atoms with E-state index in [1.165, 1.54) is 89.2 Å². The Hall–Kier alpha value is -1.29. The molecule has 0 spiro atoms. The first kappa shape index (κ1) is 32.7. The van der Waals surface area contributed by atoms with Gasteiger partial charge >= 0.3 is 7.82 Å². The van der Waals surface area contributed by atoms with Crippen LogP contribution in [-0.4, -0.2) is 24.7 Å². The van der Waals surface area contributed by atoms with Crippen molar-refractivity contribution in [3.8, 4) is 6.07 Å². The predicted molar refractivity (Wildman–Crippen MR) is 142 cm³/mol. The highest BCUT2D eigenvalue weighted by atomic mass is 31.2. The second-order valence-electron chi connectivity index (χ2n) is 9.58. The van der Waals surface area contributed by atoms with Gasteiger partial charge < -0.3 is 9.63 Å². The maximum atomic E-state index is 13.7. The highest BCUT2D eigenvalue weighted by Crippen LogP contribution is 2.42. The van der Waals surface area contributed by atoms with Crippen molar-refractivity contribution in [2.45, 2.75) is 122 Å². The fourth-order valence-electron chi connectivity index (χ4n) is 4.20. The SMILES string of the molecule is CCCCCCCCCCCCCCCCC[C@@H](COP(=O)(O)OC)OCc1cc(F)cc(C#N)c1. The van der Waals surface area contributed by atoms with Crippen molar-refractivity contribution in [3.63, 3.8) is 0 Å². The minimum absolute atomic E-state index is 0.0852. The summed E-state index contributed by atoms with van der Waals surface area (Å²) < 4.78 is 40.7. The molecule has 1 unspecified atom stereocenters. The predicted octanol–water partition coefficient (Wildman–Crippen LogP) is 8.61. The molecule has 0 saturated heterocycles. The summed E-state index contributed by atoms with van der Waals surface area (Å²) in [5.41, 5.74) is 0.759. The van der Waals surface area contributed by atoms with Gasteiger partial charge in [-0.1, -0.05) is 103 Å². The zero-order valence-corrected chi connectivity index (χ0v) is 23.3. The van der Waals surface area contributed by atoms with Crippen LogP contribution in [0, 0.1) is 17.1 Å². The molecule has 1 aromatic rings. The van der Waals surface area contributed by atoms with Gasteiger partial charge in [-0.2, -0.15) is 5.26 Å². The van der Waals surface area contributed by atoms with Crippen molar-refractivity contribution in [2.24, 2.45) is 0 Å². The molecule has 0 bridgehead atoms. The largest absolute Gasteiger partial charge is 0.472 e. The molecule has 8 heteroatoms. The molecule has 1 rings (SSSR count). The Morgan fingerprint density at radius 1 is 0.917 bits per heavy atom. The van der Waals surface area contributed by atoms with Gasteiger partial charge in [-0.05, 0) is 30.2 Å². The number of phosphoric ester groups is 1. The van der Waals surface area contributed by atoms with Crippen molar-refractivity contribution in [1.82, 2.24) is 0 Å². The Morgan fingerprint density at radius 3 is 1.94 bits per heavy atom. The molecule has 0 fully saturated rings. The summed E-state index contributed by atoms with van der Waals surface area (Å²) in [4.78, 5) is 9.54. The van der Waals surface area contributed by atoms with E-state index in [0.29, 0.717) is 12.0 Å². The molecule has 1 N–H and O–H groups in total. The molecular weight excluding hydrogens is 480 g/mol. The molecule has 0 aliphatic heterocycles. The van der Waals surface area contributed by atoms with Crippen LogP contribution < -0.4 is 0 Å². The summed E-state index contributed by atoms with van der Waals surface area (Å²) >= 11 is 0. The number of hydrogen-bond donors (Lipinski definition) is 1. The molecule has 0 radical (unpaired) electrons. The molecule has 1 aromatic carbocycles. The fraction of sp³-hybridized carbons (Fsp3) is 0.750. The lowest BCUT2D eigenvalue weighted by molar-refractivity contribution is -0.00516. The van der Waals surface area contributed by atoms with E-state index in [2.05, 4.69) is 11.4 Å². The molecule has 2 atom stereocenters. The van der Waals surface area contributed by atoms with Crippen LogP contribution in [0.15, 0.2) is 18.2 Å². The summed E-state index contributed by atoms with van der Waals surface area (Å²) in [5, 5.41) is 9.02. The minimum Gasteiger partial charge on any atom is -0.371 e. The number of ether oxygens (including phenoxy) is 1. The average Bonchev–Trinajstić information content (AvgIpc) is 2.87. The first-order valence-electron chi connectivity index (χ1n) is 13.7. The zero-order valence-electron chi connectivity index (χ0n) is 22.4. The molecule has 0 aromatic heterocycles. The second-order valence-corrected chi connectivity index (χ2v) is 11.1. The van der Waals surface area contributed by atoms with E-state index in [1.54, 1.807) is 6.07 Å². The normalized spacial score (nSPS) is 13.9. The highest BCUT2D eigenvalue weighted by molar-refractivity contribution is 7.47. The minimum atomic E-state index is -4.10. The summed E-state index contributed by atoms with van der Waals surface area (Å²) in [6.07, 6.45) is 19.4. The first-order chi connectivity index (χ1) is 17.4. The number of nitrogens with zero attached hydrogens (tertiary/aromatic N) is 1. The average molecular weight is 528 g/mol. The number of phosphoric acid groups is 1. The topological polar surface area (TPSA) is 88.8 Å². The molecule has 0 aliphatic rings. The van der Waals surface area contributed by atoms with Crippen LogP contribution in [0.2, 0.25) is 0 Å². The lowest BCUT2D eigenvalue weighted by Gasteiger charge is -2.19. The van der Waals surface area contributed by atoms with Crippen molar-refractivity contribution in [3.05, 3.63) is 35.1 Å². The smallest absolute Gasteiger partial charge is 0.371 e. The Labute approximate surface area is 218 Å². The van der Waals surface area contributed by atoms with Gasteiger partial charge in [0, 0.05) is 7.11 Å². The summed E-state index contributed by atoms with van der Waals surface area (Å²) in [7, 11) is -2.99. The van der Waals surface area contributed by atoms with E-state index < -0.39 is 19.7 Å². The van der Waals surface area contributed by atoms with Crippen LogP contribution in [0.1, 0.15) is 121 Å². The third-order valence-corrected chi connectivity index (χ3v) is 7.29. The number of rotatable bonds is 23. The van der Waals surface area contributed by atoms with Crippen LogP contribution in [-0.2, 0) is 25.0 Å². The van der Waals surface area contributed by atoms with Crippen molar-refractivity contribution >= 4 is 7.82 Å². The van der Waals surface area contributed by atoms with Gasteiger partial charge in [-0.25, -0.2) is 8.96 Å². The highest BCUT2D eigenvalue weighted by Gasteiger charge is 2.22. The number of benzene rings is 1. The van der Waals surface area contributed by atoms with Gasteiger partial charge in [0.1, 0.15) is 5.82 Å². The van der Waals surface area contributed by atoms with Crippen LogP contribution >= 0.6 is 7.82 Å². The summed E-state index contributed by atoms with van der Waals surface area (Å²) in [6.45, 7) is 2.24. The standard InChI is InChI=1S/C28H47FNO5P/c1-3-4-5-6-7-8-9-10-11-12-13-14-15-16-17-18-28(24-35-36(31,32)33-2)34-23-26-19-25(22-30)20-27(29)21-26/h19-21,28H,3-18,23-24H2,1-2H3,(H,31,32)/t28-/m0/s1. The van der Waals surface area contributed by atoms with Crippen molar-refractivity contribution in [1.29, 1.82) is 5.26 Å². The van der Waals surface area contributed by atoms with Crippen LogP contribution in [0.3, 0.4) is 0 Å². The van der Waals surface area contributed by atoms with Gasteiger partial charge in [-0.15, -0.1) is 0 Å². The van der Waals surface area contributed by atoms with Gasteiger partial charge in [0.15, 0.2) is 0 Å². The molecule has 0 amide bonds. The second kappa shape index (κ2) is 20.7. The van der Waals surface area contributed by atoms with Gasteiger partial charge in [0.2, 0.25) is 0 Å². The first-order valence-corrected chi connectivity index (χ1v) is 15.2. The van der Waals surface area contributed by atoms with E-state index in [0.717, 1.165) is 26.4 Å². The summed E-state index contributed by atoms with van der Waals surface area (Å²) in [5.74, 6) is -0.498. The molecule has 0 aliphatic carbocycles. The fourth-order valence-corrected chi connectivity index (χ4v) is 4.66. The van der Waals surface area contributed by atoms with Crippen molar-refractivity contribution < 1.29 is 27.6 Å². The van der Waals surface area contributed by atoms with Gasteiger partial charge in [0.25, 0.3) is 0 Å². The Kier molecular flexibility index (Phi) is 18.9. The van der Waals surface area contributed by atoms with Crippen LogP contribution in [0.5, 0.6) is 0 Å². The third kappa shape index (κ3) is 17.2. The number of nitriles is 1. The van der Waals surface area contributed by atoms with Crippen LogP contribution in [0.25, 0.3) is 0 Å². The van der Waals surface area contributed by atoms with Crippen molar-refractivity contribution in [2.75, 3.05) is 13.7 Å². The van der Waals surface area contributed by atoms with E-state index in [-0.39, 0.29) is 18.8 Å². The molecule has 206 valence electrons. The maximum absolute atomic E-state index is 13.7. The number of hydrogen-bond acceptors (Lipinski definition) is 5. The number of halogens is 1. The Balaban J connectivity index is 2.22.